The Hall–Kier alpha value is -3.53. The molecule has 1 aliphatic rings. The molecule has 1 atom stereocenters. The summed E-state index contributed by atoms with van der Waals surface area (Å²) in [7, 11) is -0.0109. The maximum absolute atomic E-state index is 13.0. The number of hydrogen-bond donors (Lipinski definition) is 0. The van der Waals surface area contributed by atoms with Gasteiger partial charge in [0.25, 0.3) is 5.91 Å². The van der Waals surface area contributed by atoms with Crippen molar-refractivity contribution in [1.82, 2.24) is 4.90 Å². The van der Waals surface area contributed by atoms with Crippen molar-refractivity contribution in [3.05, 3.63) is 58.4 Å². The van der Waals surface area contributed by atoms with Crippen molar-refractivity contribution in [1.29, 1.82) is 0 Å². The minimum atomic E-state index is -3.10. The Labute approximate surface area is 196 Å². The molecule has 0 radical (unpaired) electrons. The monoisotopic (exact) mass is 487 g/mol. The van der Waals surface area contributed by atoms with Gasteiger partial charge in [0, 0.05) is 19.2 Å². The van der Waals surface area contributed by atoms with E-state index in [-0.39, 0.29) is 52.6 Å². The number of sulfone groups is 1. The third-order valence-electron chi connectivity index (χ3n) is 5.78. The summed E-state index contributed by atoms with van der Waals surface area (Å²) >= 11 is 0. The van der Waals surface area contributed by atoms with Gasteiger partial charge in [0.1, 0.15) is 17.1 Å². The fraction of sp³-hybridized carbons (Fsp3) is 0.333. The van der Waals surface area contributed by atoms with Crippen LogP contribution in [0.3, 0.4) is 0 Å². The molecule has 1 saturated heterocycles. The van der Waals surface area contributed by atoms with Gasteiger partial charge in [-0.25, -0.2) is 8.42 Å². The first-order valence-corrected chi connectivity index (χ1v) is 12.5. The van der Waals surface area contributed by atoms with E-state index >= 15 is 0 Å². The number of benzene rings is 2. The number of carbonyl (C=O) groups is 1. The van der Waals surface area contributed by atoms with Gasteiger partial charge in [-0.1, -0.05) is 12.1 Å². The van der Waals surface area contributed by atoms with Crippen molar-refractivity contribution >= 4 is 26.7 Å². The number of amides is 1. The molecule has 0 N–H and O–H groups in total. The highest BCUT2D eigenvalue weighted by molar-refractivity contribution is 7.91. The summed E-state index contributed by atoms with van der Waals surface area (Å²) in [4.78, 5) is 26.9. The molecule has 1 fully saturated rings. The Bertz CT molecular complexity index is 1400. The van der Waals surface area contributed by atoms with E-state index in [0.717, 1.165) is 0 Å². The third kappa shape index (κ3) is 4.86. The zero-order valence-electron chi connectivity index (χ0n) is 19.1. The molecule has 1 aromatic heterocycles. The summed E-state index contributed by atoms with van der Waals surface area (Å²) in [6.07, 6.45) is 0.421. The normalized spacial score (nSPS) is 16.9. The van der Waals surface area contributed by atoms with E-state index in [1.807, 2.05) is 0 Å². The summed E-state index contributed by atoms with van der Waals surface area (Å²) in [6.45, 7) is 1.35. The predicted octanol–water partition coefficient (Wildman–Crippen LogP) is 2.93. The van der Waals surface area contributed by atoms with Crippen LogP contribution in [0, 0.1) is 6.92 Å². The molecule has 9 nitrogen and oxygen atoms in total. The van der Waals surface area contributed by atoms with Crippen LogP contribution in [0.2, 0.25) is 0 Å². The van der Waals surface area contributed by atoms with E-state index in [0.29, 0.717) is 29.1 Å². The van der Waals surface area contributed by atoms with Gasteiger partial charge in [-0.05, 0) is 37.6 Å². The van der Waals surface area contributed by atoms with E-state index in [1.165, 1.54) is 18.1 Å². The predicted molar refractivity (Wildman–Crippen MR) is 126 cm³/mol. The summed E-state index contributed by atoms with van der Waals surface area (Å²) in [5, 5.41) is 0.294. The van der Waals surface area contributed by atoms with Crippen molar-refractivity contribution < 1.29 is 31.8 Å². The third-order valence-corrected chi connectivity index (χ3v) is 7.53. The van der Waals surface area contributed by atoms with Crippen molar-refractivity contribution in [3.8, 4) is 23.0 Å². The number of carbonyl (C=O) groups excluding carboxylic acids is 1. The number of nitrogens with zero attached hydrogens (tertiary/aromatic N) is 1. The number of para-hydroxylation sites is 2. The van der Waals surface area contributed by atoms with Gasteiger partial charge in [0.15, 0.2) is 27.9 Å². The van der Waals surface area contributed by atoms with Crippen LogP contribution >= 0.6 is 0 Å². The lowest BCUT2D eigenvalue weighted by Gasteiger charge is -2.23. The summed E-state index contributed by atoms with van der Waals surface area (Å²) in [5.41, 5.74) is -0.0653. The molecular weight excluding hydrogens is 462 g/mol. The van der Waals surface area contributed by atoms with E-state index in [2.05, 4.69) is 0 Å². The highest BCUT2D eigenvalue weighted by Gasteiger charge is 2.32. The van der Waals surface area contributed by atoms with Crippen molar-refractivity contribution in [3.63, 3.8) is 0 Å². The molecule has 10 heteroatoms. The first kappa shape index (κ1) is 23.6. The Morgan fingerprint density at radius 3 is 2.59 bits per heavy atom. The van der Waals surface area contributed by atoms with Gasteiger partial charge in [-0.3, -0.25) is 9.59 Å². The number of ether oxygens (including phenoxy) is 3. The molecule has 0 bridgehead atoms. The van der Waals surface area contributed by atoms with Gasteiger partial charge in [-0.15, -0.1) is 0 Å². The Morgan fingerprint density at radius 2 is 1.91 bits per heavy atom. The zero-order valence-corrected chi connectivity index (χ0v) is 19.9. The van der Waals surface area contributed by atoms with E-state index in [1.54, 1.807) is 50.4 Å². The SMILES string of the molecule is COc1ccccc1Oc1c(C)oc2cc(OCC(=O)N(C)C3CCS(=O)(=O)C3)ccc2c1=O. The zero-order chi connectivity index (χ0) is 24.5. The standard InChI is InChI=1S/C24H25NO8S/c1-15-24(33-20-7-5-4-6-19(20)30-3)23(27)18-9-8-17(12-21(18)32-15)31-13-22(26)25(2)16-10-11-34(28,29)14-16/h4-9,12,16H,10-11,13-14H2,1-3H3. The smallest absolute Gasteiger partial charge is 0.260 e. The van der Waals surface area contributed by atoms with E-state index in [9.17, 15) is 18.0 Å². The fourth-order valence-corrected chi connectivity index (χ4v) is 5.59. The molecule has 1 aliphatic heterocycles. The molecule has 0 aliphatic carbocycles. The van der Waals surface area contributed by atoms with Crippen LogP contribution in [0.4, 0.5) is 0 Å². The van der Waals surface area contributed by atoms with Crippen LogP contribution in [0.1, 0.15) is 12.2 Å². The molecule has 1 amide bonds. The quantitative estimate of drug-likeness (QED) is 0.500. The highest BCUT2D eigenvalue weighted by atomic mass is 32.2. The second kappa shape index (κ2) is 9.38. The summed E-state index contributed by atoms with van der Waals surface area (Å²) in [5.74, 6) is 1.26. The van der Waals surface area contributed by atoms with Crippen LogP contribution in [0.15, 0.2) is 51.7 Å². The number of likely N-dealkylation sites (N-methyl/N-ethyl adjacent to an activating group) is 1. The van der Waals surface area contributed by atoms with E-state index < -0.39 is 9.84 Å². The maximum atomic E-state index is 13.0. The average molecular weight is 488 g/mol. The summed E-state index contributed by atoms with van der Waals surface area (Å²) in [6, 6.07) is 11.3. The fourth-order valence-electron chi connectivity index (χ4n) is 3.82. The largest absolute Gasteiger partial charge is 0.493 e. The van der Waals surface area contributed by atoms with Crippen molar-refractivity contribution in [2.75, 3.05) is 32.3 Å². The molecular formula is C24H25NO8S. The number of hydrogen-bond acceptors (Lipinski definition) is 8. The maximum Gasteiger partial charge on any atom is 0.260 e. The topological polar surface area (TPSA) is 112 Å². The van der Waals surface area contributed by atoms with Crippen molar-refractivity contribution in [2.24, 2.45) is 0 Å². The average Bonchev–Trinajstić information content (AvgIpc) is 3.19. The minimum absolute atomic E-state index is 0.0328. The van der Waals surface area contributed by atoms with Crippen LogP contribution in [0.25, 0.3) is 11.0 Å². The highest BCUT2D eigenvalue weighted by Crippen LogP contribution is 2.32. The number of methoxy groups -OCH3 is 1. The second-order valence-electron chi connectivity index (χ2n) is 8.08. The van der Waals surface area contributed by atoms with Crippen LogP contribution in [0.5, 0.6) is 23.0 Å². The van der Waals surface area contributed by atoms with Gasteiger partial charge < -0.3 is 23.5 Å². The van der Waals surface area contributed by atoms with Crippen molar-refractivity contribution in [2.45, 2.75) is 19.4 Å². The first-order valence-electron chi connectivity index (χ1n) is 10.7. The lowest BCUT2D eigenvalue weighted by molar-refractivity contribution is -0.133. The molecule has 4 rings (SSSR count). The number of aryl methyl sites for hydroxylation is 1. The van der Waals surface area contributed by atoms with Gasteiger partial charge in [0.05, 0.1) is 24.0 Å². The second-order valence-corrected chi connectivity index (χ2v) is 10.3. The molecule has 2 aromatic carbocycles. The molecule has 3 aromatic rings. The van der Waals surface area contributed by atoms with Gasteiger partial charge >= 0.3 is 0 Å². The molecule has 2 heterocycles. The molecule has 1 unspecified atom stereocenters. The molecule has 0 saturated carbocycles. The van der Waals surface area contributed by atoms with E-state index in [4.69, 9.17) is 18.6 Å². The first-order chi connectivity index (χ1) is 16.2. The molecule has 180 valence electrons. The lowest BCUT2D eigenvalue weighted by Crippen LogP contribution is -2.40. The molecule has 34 heavy (non-hydrogen) atoms. The number of fused-ring (bicyclic) bond motifs is 1. The number of rotatable bonds is 7. The Balaban J connectivity index is 1.50. The van der Waals surface area contributed by atoms with Gasteiger partial charge in [-0.2, -0.15) is 0 Å². The Morgan fingerprint density at radius 1 is 1.18 bits per heavy atom. The van der Waals surface area contributed by atoms with Crippen LogP contribution in [-0.2, 0) is 14.6 Å². The molecule has 0 spiro atoms. The van der Waals surface area contributed by atoms with Crippen LogP contribution in [-0.4, -0.2) is 57.5 Å². The Kier molecular flexibility index (Phi) is 6.52. The summed E-state index contributed by atoms with van der Waals surface area (Å²) < 4.78 is 45.8. The van der Waals surface area contributed by atoms with Gasteiger partial charge in [0.2, 0.25) is 11.2 Å². The minimum Gasteiger partial charge on any atom is -0.493 e. The lowest BCUT2D eigenvalue weighted by atomic mass is 10.2. The van der Waals surface area contributed by atoms with Crippen LogP contribution < -0.4 is 19.6 Å².